The van der Waals surface area contributed by atoms with Crippen molar-refractivity contribution in [3.05, 3.63) is 18.0 Å². The van der Waals surface area contributed by atoms with Crippen LogP contribution in [0.1, 0.15) is 25.6 Å². The van der Waals surface area contributed by atoms with Gasteiger partial charge in [0.1, 0.15) is 18.1 Å². The fourth-order valence-electron chi connectivity index (χ4n) is 0.853. The van der Waals surface area contributed by atoms with Gasteiger partial charge in [-0.25, -0.2) is 0 Å². The number of amides is 1. The van der Waals surface area contributed by atoms with Gasteiger partial charge in [0.2, 0.25) is 5.91 Å². The number of hydrogen-bond donors (Lipinski definition) is 2. The molecule has 13 heavy (non-hydrogen) atoms. The van der Waals surface area contributed by atoms with Crippen molar-refractivity contribution < 1.29 is 14.4 Å². The average molecular weight is 184 g/mol. The molecule has 0 aromatic carbocycles. The molecule has 1 amide bonds. The molecule has 0 saturated heterocycles. The van der Waals surface area contributed by atoms with Gasteiger partial charge >= 0.3 is 0 Å². The van der Waals surface area contributed by atoms with Crippen LogP contribution in [0.2, 0.25) is 0 Å². The molecule has 0 aliphatic heterocycles. The molecule has 1 unspecified atom stereocenters. The van der Waals surface area contributed by atoms with E-state index in [1.807, 2.05) is 0 Å². The van der Waals surface area contributed by atoms with E-state index in [1.165, 1.54) is 13.2 Å². The van der Waals surface area contributed by atoms with E-state index >= 15 is 0 Å². The molecule has 0 bridgehead atoms. The van der Waals surface area contributed by atoms with Crippen molar-refractivity contribution in [2.75, 3.05) is 0 Å². The maximum Gasteiger partial charge on any atom is 0.249 e. The van der Waals surface area contributed by atoms with Crippen LogP contribution in [0.25, 0.3) is 0 Å². The van der Waals surface area contributed by atoms with Crippen molar-refractivity contribution in [1.82, 2.24) is 10.5 Å². The Balaban J connectivity index is 2.51. The fraction of sp³-hybridized carbons (Fsp3) is 0.500. The Morgan fingerprint density at radius 1 is 1.69 bits per heavy atom. The summed E-state index contributed by atoms with van der Waals surface area (Å²) in [4.78, 5) is 11.0. The van der Waals surface area contributed by atoms with Gasteiger partial charge in [0.15, 0.2) is 0 Å². The van der Waals surface area contributed by atoms with Crippen molar-refractivity contribution in [2.24, 2.45) is 0 Å². The van der Waals surface area contributed by atoms with Crippen LogP contribution in [0, 0.1) is 0 Å². The van der Waals surface area contributed by atoms with Crippen LogP contribution in [0.5, 0.6) is 0 Å². The summed E-state index contributed by atoms with van der Waals surface area (Å²) in [6, 6.07) is 1.41. The molecule has 0 aliphatic rings. The van der Waals surface area contributed by atoms with Gasteiger partial charge in [-0.05, 0) is 13.8 Å². The van der Waals surface area contributed by atoms with Gasteiger partial charge in [-0.1, -0.05) is 5.16 Å². The molecule has 5 nitrogen and oxygen atoms in total. The van der Waals surface area contributed by atoms with Crippen molar-refractivity contribution in [3.8, 4) is 0 Å². The third-order valence-corrected chi connectivity index (χ3v) is 1.64. The third kappa shape index (κ3) is 2.55. The molecule has 0 radical (unpaired) electrons. The highest BCUT2D eigenvalue weighted by Gasteiger charge is 2.14. The minimum absolute atomic E-state index is 0.249. The number of aliphatic hydroxyl groups is 1. The Kier molecular flexibility index (Phi) is 3.02. The van der Waals surface area contributed by atoms with Gasteiger partial charge in [-0.15, -0.1) is 0 Å². The second kappa shape index (κ2) is 4.04. The lowest BCUT2D eigenvalue weighted by Crippen LogP contribution is -2.34. The highest BCUT2D eigenvalue weighted by atomic mass is 16.5. The average Bonchev–Trinajstić information content (AvgIpc) is 2.55. The number of rotatable bonds is 3. The summed E-state index contributed by atoms with van der Waals surface area (Å²) in [6.07, 6.45) is 0.426. The van der Waals surface area contributed by atoms with Crippen LogP contribution < -0.4 is 5.32 Å². The molecule has 1 heterocycles. The Morgan fingerprint density at radius 3 is 2.85 bits per heavy atom. The highest BCUT2D eigenvalue weighted by Crippen LogP contribution is 2.08. The zero-order valence-electron chi connectivity index (χ0n) is 7.52. The zero-order chi connectivity index (χ0) is 9.84. The van der Waals surface area contributed by atoms with E-state index in [9.17, 15) is 4.79 Å². The standard InChI is InChI=1S/C8H12N2O3/c1-5(7-3-4-13-10-7)9-8(12)6(2)11/h3-6,11H,1-2H3,(H,9,12)/t5?,6-/m1/s1. The van der Waals surface area contributed by atoms with Gasteiger partial charge in [-0.2, -0.15) is 0 Å². The van der Waals surface area contributed by atoms with Crippen LogP contribution >= 0.6 is 0 Å². The number of aliphatic hydroxyl groups excluding tert-OH is 1. The second-order valence-corrected chi connectivity index (χ2v) is 2.83. The summed E-state index contributed by atoms with van der Waals surface area (Å²) in [5.41, 5.74) is 0.633. The predicted octanol–water partition coefficient (Wildman–Crippen LogP) is 0.233. The second-order valence-electron chi connectivity index (χ2n) is 2.83. The molecule has 5 heteroatoms. The van der Waals surface area contributed by atoms with Crippen LogP contribution in [0.3, 0.4) is 0 Å². The smallest absolute Gasteiger partial charge is 0.249 e. The first-order valence-electron chi connectivity index (χ1n) is 4.00. The molecule has 0 aliphatic carbocycles. The van der Waals surface area contributed by atoms with Crippen molar-refractivity contribution in [1.29, 1.82) is 0 Å². The molecule has 0 fully saturated rings. The van der Waals surface area contributed by atoms with E-state index in [2.05, 4.69) is 15.0 Å². The lowest BCUT2D eigenvalue weighted by molar-refractivity contribution is -0.129. The number of nitrogens with zero attached hydrogens (tertiary/aromatic N) is 1. The highest BCUT2D eigenvalue weighted by molar-refractivity contribution is 5.80. The summed E-state index contributed by atoms with van der Waals surface area (Å²) in [6.45, 7) is 3.17. The van der Waals surface area contributed by atoms with E-state index in [0.717, 1.165) is 0 Å². The first-order chi connectivity index (χ1) is 6.11. The molecular weight excluding hydrogens is 172 g/mol. The van der Waals surface area contributed by atoms with Crippen LogP contribution in [0.15, 0.2) is 16.9 Å². The van der Waals surface area contributed by atoms with Crippen molar-refractivity contribution in [2.45, 2.75) is 26.0 Å². The molecule has 2 N–H and O–H groups in total. The maximum atomic E-state index is 11.0. The SMILES string of the molecule is CC(NC(=O)[C@@H](C)O)c1ccon1. The van der Waals surface area contributed by atoms with E-state index in [-0.39, 0.29) is 6.04 Å². The third-order valence-electron chi connectivity index (χ3n) is 1.64. The monoisotopic (exact) mass is 184 g/mol. The Morgan fingerprint density at radius 2 is 2.38 bits per heavy atom. The van der Waals surface area contributed by atoms with Crippen LogP contribution in [-0.2, 0) is 4.79 Å². The largest absolute Gasteiger partial charge is 0.384 e. The van der Waals surface area contributed by atoms with E-state index in [4.69, 9.17) is 5.11 Å². The molecule has 2 atom stereocenters. The summed E-state index contributed by atoms with van der Waals surface area (Å²) < 4.78 is 4.61. The van der Waals surface area contributed by atoms with E-state index < -0.39 is 12.0 Å². The molecular formula is C8H12N2O3. The molecule has 1 rings (SSSR count). The predicted molar refractivity (Wildman–Crippen MR) is 44.7 cm³/mol. The Hall–Kier alpha value is -1.36. The summed E-state index contributed by atoms with van der Waals surface area (Å²) in [5.74, 6) is -0.421. The van der Waals surface area contributed by atoms with Crippen LogP contribution in [0.4, 0.5) is 0 Å². The lowest BCUT2D eigenvalue weighted by Gasteiger charge is -2.11. The minimum atomic E-state index is -1.01. The number of nitrogens with one attached hydrogen (secondary N) is 1. The number of aromatic nitrogens is 1. The molecule has 1 aromatic heterocycles. The zero-order valence-corrected chi connectivity index (χ0v) is 7.52. The quantitative estimate of drug-likeness (QED) is 0.705. The van der Waals surface area contributed by atoms with Gasteiger partial charge in [-0.3, -0.25) is 4.79 Å². The van der Waals surface area contributed by atoms with Crippen molar-refractivity contribution >= 4 is 5.91 Å². The molecule has 0 spiro atoms. The minimum Gasteiger partial charge on any atom is -0.384 e. The number of carbonyl (C=O) groups is 1. The summed E-state index contributed by atoms with van der Waals surface area (Å²) in [5, 5.41) is 15.1. The van der Waals surface area contributed by atoms with E-state index in [1.54, 1.807) is 13.0 Å². The van der Waals surface area contributed by atoms with Gasteiger partial charge in [0.05, 0.1) is 6.04 Å². The van der Waals surface area contributed by atoms with Crippen LogP contribution in [-0.4, -0.2) is 22.3 Å². The fourth-order valence-corrected chi connectivity index (χ4v) is 0.853. The molecule has 1 aromatic rings. The van der Waals surface area contributed by atoms with Gasteiger partial charge < -0.3 is 14.9 Å². The molecule has 0 saturated carbocycles. The summed E-state index contributed by atoms with van der Waals surface area (Å²) >= 11 is 0. The molecule has 72 valence electrons. The normalized spacial score (nSPS) is 15.0. The van der Waals surface area contributed by atoms with Gasteiger partial charge in [0.25, 0.3) is 0 Å². The van der Waals surface area contributed by atoms with E-state index in [0.29, 0.717) is 5.69 Å². The Bertz CT molecular complexity index is 269. The summed E-state index contributed by atoms with van der Waals surface area (Å²) in [7, 11) is 0. The van der Waals surface area contributed by atoms with Gasteiger partial charge in [0, 0.05) is 6.07 Å². The maximum absolute atomic E-state index is 11.0. The topological polar surface area (TPSA) is 75.4 Å². The Labute approximate surface area is 75.7 Å². The lowest BCUT2D eigenvalue weighted by atomic mass is 10.2. The first-order valence-corrected chi connectivity index (χ1v) is 4.00. The van der Waals surface area contributed by atoms with Crippen molar-refractivity contribution in [3.63, 3.8) is 0 Å². The number of carbonyl (C=O) groups excluding carboxylic acids is 1. The first kappa shape index (κ1) is 9.73. The number of hydrogen-bond acceptors (Lipinski definition) is 4.